The molecule has 1 unspecified atom stereocenters. The van der Waals surface area contributed by atoms with Crippen LogP contribution >= 0.6 is 0 Å². The van der Waals surface area contributed by atoms with E-state index in [1.54, 1.807) is 0 Å². The van der Waals surface area contributed by atoms with E-state index in [9.17, 15) is 4.79 Å². The molecule has 94 valence electrons. The SMILES string of the molecule is CC(NCCOC(C)(C)C)C(=O)NC1CC1. The summed E-state index contributed by atoms with van der Waals surface area (Å²) in [6.45, 7) is 9.29. The van der Waals surface area contributed by atoms with Crippen molar-refractivity contribution >= 4 is 5.91 Å². The lowest BCUT2D eigenvalue weighted by Crippen LogP contribution is -2.44. The Labute approximate surface area is 98.1 Å². The smallest absolute Gasteiger partial charge is 0.237 e. The van der Waals surface area contributed by atoms with Gasteiger partial charge in [0.2, 0.25) is 5.91 Å². The lowest BCUT2D eigenvalue weighted by Gasteiger charge is -2.20. The van der Waals surface area contributed by atoms with Crippen LogP contribution in [0.3, 0.4) is 0 Å². The maximum Gasteiger partial charge on any atom is 0.237 e. The standard InChI is InChI=1S/C12H24N2O2/c1-9(11(15)14-10-5-6-10)13-7-8-16-12(2,3)4/h9-10,13H,5-8H2,1-4H3,(H,14,15). The molecular weight excluding hydrogens is 204 g/mol. The summed E-state index contributed by atoms with van der Waals surface area (Å²) in [5.41, 5.74) is -0.110. The number of carbonyl (C=O) groups is 1. The van der Waals surface area contributed by atoms with Gasteiger partial charge in [0.25, 0.3) is 0 Å². The first-order valence-corrected chi connectivity index (χ1v) is 6.06. The number of amides is 1. The van der Waals surface area contributed by atoms with Crippen molar-refractivity contribution in [2.75, 3.05) is 13.2 Å². The Bertz CT molecular complexity index is 232. The molecule has 1 fully saturated rings. The predicted molar refractivity (Wildman–Crippen MR) is 64.3 cm³/mol. The van der Waals surface area contributed by atoms with Crippen LogP contribution in [0.2, 0.25) is 0 Å². The van der Waals surface area contributed by atoms with Gasteiger partial charge in [0.1, 0.15) is 0 Å². The number of ether oxygens (including phenoxy) is 1. The van der Waals surface area contributed by atoms with Crippen molar-refractivity contribution in [3.05, 3.63) is 0 Å². The summed E-state index contributed by atoms with van der Waals surface area (Å²) in [4.78, 5) is 11.6. The first-order valence-electron chi connectivity index (χ1n) is 6.06. The highest BCUT2D eigenvalue weighted by Gasteiger charge is 2.25. The molecule has 0 spiro atoms. The number of hydrogen-bond donors (Lipinski definition) is 2. The Hall–Kier alpha value is -0.610. The first-order chi connectivity index (χ1) is 7.38. The van der Waals surface area contributed by atoms with Gasteiger partial charge in [-0.05, 0) is 40.5 Å². The largest absolute Gasteiger partial charge is 0.375 e. The van der Waals surface area contributed by atoms with Gasteiger partial charge >= 0.3 is 0 Å². The highest BCUT2D eigenvalue weighted by molar-refractivity contribution is 5.81. The molecule has 1 atom stereocenters. The molecule has 4 nitrogen and oxygen atoms in total. The summed E-state index contributed by atoms with van der Waals surface area (Å²) in [6.07, 6.45) is 2.26. The minimum absolute atomic E-state index is 0.0956. The summed E-state index contributed by atoms with van der Waals surface area (Å²) in [7, 11) is 0. The van der Waals surface area contributed by atoms with Gasteiger partial charge in [-0.1, -0.05) is 0 Å². The van der Waals surface area contributed by atoms with Gasteiger partial charge < -0.3 is 15.4 Å². The Morgan fingerprint density at radius 2 is 2.06 bits per heavy atom. The third kappa shape index (κ3) is 6.08. The van der Waals surface area contributed by atoms with Crippen LogP contribution < -0.4 is 10.6 Å². The summed E-state index contributed by atoms with van der Waals surface area (Å²) in [6, 6.07) is 0.298. The summed E-state index contributed by atoms with van der Waals surface area (Å²) < 4.78 is 5.56. The molecular formula is C12H24N2O2. The molecule has 4 heteroatoms. The zero-order chi connectivity index (χ0) is 12.2. The Morgan fingerprint density at radius 3 is 2.56 bits per heavy atom. The fraction of sp³-hybridized carbons (Fsp3) is 0.917. The second-order valence-corrected chi connectivity index (χ2v) is 5.42. The molecule has 1 aliphatic rings. The van der Waals surface area contributed by atoms with Crippen molar-refractivity contribution < 1.29 is 9.53 Å². The minimum Gasteiger partial charge on any atom is -0.375 e. The molecule has 0 saturated heterocycles. The maximum atomic E-state index is 11.6. The van der Waals surface area contributed by atoms with E-state index in [0.717, 1.165) is 12.8 Å². The molecule has 0 aromatic rings. The van der Waals surface area contributed by atoms with Crippen molar-refractivity contribution in [3.63, 3.8) is 0 Å². The first kappa shape index (κ1) is 13.5. The van der Waals surface area contributed by atoms with Crippen molar-refractivity contribution in [3.8, 4) is 0 Å². The fourth-order valence-electron chi connectivity index (χ4n) is 1.28. The maximum absolute atomic E-state index is 11.6. The van der Waals surface area contributed by atoms with Crippen LogP contribution in [0, 0.1) is 0 Å². The highest BCUT2D eigenvalue weighted by Crippen LogP contribution is 2.18. The van der Waals surface area contributed by atoms with Gasteiger partial charge in [0.05, 0.1) is 18.2 Å². The number of rotatable bonds is 6. The van der Waals surface area contributed by atoms with Crippen molar-refractivity contribution in [1.82, 2.24) is 10.6 Å². The normalized spacial score (nSPS) is 18.2. The van der Waals surface area contributed by atoms with Crippen molar-refractivity contribution in [2.45, 2.75) is 58.2 Å². The van der Waals surface area contributed by atoms with Crippen LogP contribution in [-0.4, -0.2) is 36.7 Å². The van der Waals surface area contributed by atoms with E-state index in [1.807, 2.05) is 27.7 Å². The monoisotopic (exact) mass is 228 g/mol. The summed E-state index contributed by atoms with van der Waals surface area (Å²) in [5, 5.41) is 6.12. The van der Waals surface area contributed by atoms with E-state index in [-0.39, 0.29) is 17.6 Å². The number of hydrogen-bond acceptors (Lipinski definition) is 3. The van der Waals surface area contributed by atoms with E-state index in [0.29, 0.717) is 19.2 Å². The summed E-state index contributed by atoms with van der Waals surface area (Å²) in [5.74, 6) is 0.0956. The molecule has 1 amide bonds. The van der Waals surface area contributed by atoms with E-state index in [1.165, 1.54) is 0 Å². The molecule has 2 N–H and O–H groups in total. The number of nitrogens with one attached hydrogen (secondary N) is 2. The molecule has 0 aliphatic heterocycles. The molecule has 1 saturated carbocycles. The van der Waals surface area contributed by atoms with Crippen LogP contribution in [0.4, 0.5) is 0 Å². The molecule has 16 heavy (non-hydrogen) atoms. The van der Waals surface area contributed by atoms with Crippen LogP contribution in [-0.2, 0) is 9.53 Å². The second kappa shape index (κ2) is 5.64. The highest BCUT2D eigenvalue weighted by atomic mass is 16.5. The van der Waals surface area contributed by atoms with Crippen LogP contribution in [0.15, 0.2) is 0 Å². The average molecular weight is 228 g/mol. The van der Waals surface area contributed by atoms with Crippen LogP contribution in [0.5, 0.6) is 0 Å². The Morgan fingerprint density at radius 1 is 1.44 bits per heavy atom. The predicted octanol–water partition coefficient (Wildman–Crippen LogP) is 1.06. The third-order valence-corrected chi connectivity index (χ3v) is 2.40. The topological polar surface area (TPSA) is 50.4 Å². The van der Waals surface area contributed by atoms with E-state index < -0.39 is 0 Å². The second-order valence-electron chi connectivity index (χ2n) is 5.42. The third-order valence-electron chi connectivity index (χ3n) is 2.40. The summed E-state index contributed by atoms with van der Waals surface area (Å²) >= 11 is 0. The fourth-order valence-corrected chi connectivity index (χ4v) is 1.28. The Balaban J connectivity index is 2.04. The molecule has 0 bridgehead atoms. The molecule has 0 aromatic carbocycles. The van der Waals surface area contributed by atoms with E-state index in [4.69, 9.17) is 4.74 Å². The lowest BCUT2D eigenvalue weighted by molar-refractivity contribution is -0.123. The van der Waals surface area contributed by atoms with Gasteiger partial charge in [-0.15, -0.1) is 0 Å². The van der Waals surface area contributed by atoms with Crippen LogP contribution in [0.25, 0.3) is 0 Å². The zero-order valence-electron chi connectivity index (χ0n) is 10.8. The lowest BCUT2D eigenvalue weighted by atomic mass is 10.2. The molecule has 1 rings (SSSR count). The average Bonchev–Trinajstić information content (AvgIpc) is 2.94. The number of carbonyl (C=O) groups excluding carboxylic acids is 1. The van der Waals surface area contributed by atoms with Crippen molar-refractivity contribution in [2.24, 2.45) is 0 Å². The quantitative estimate of drug-likeness (QED) is 0.668. The van der Waals surface area contributed by atoms with Gasteiger partial charge in [0.15, 0.2) is 0 Å². The van der Waals surface area contributed by atoms with Gasteiger partial charge in [-0.2, -0.15) is 0 Å². The Kier molecular flexibility index (Phi) is 4.74. The van der Waals surface area contributed by atoms with Crippen molar-refractivity contribution in [1.29, 1.82) is 0 Å². The van der Waals surface area contributed by atoms with E-state index >= 15 is 0 Å². The van der Waals surface area contributed by atoms with Gasteiger partial charge in [-0.25, -0.2) is 0 Å². The van der Waals surface area contributed by atoms with E-state index in [2.05, 4.69) is 10.6 Å². The molecule has 0 heterocycles. The zero-order valence-corrected chi connectivity index (χ0v) is 10.8. The van der Waals surface area contributed by atoms with Gasteiger partial charge in [-0.3, -0.25) is 4.79 Å². The molecule has 0 aromatic heterocycles. The molecule has 1 aliphatic carbocycles. The van der Waals surface area contributed by atoms with Crippen LogP contribution in [0.1, 0.15) is 40.5 Å². The minimum atomic E-state index is -0.135. The van der Waals surface area contributed by atoms with Gasteiger partial charge in [0, 0.05) is 12.6 Å². The molecule has 0 radical (unpaired) electrons.